The summed E-state index contributed by atoms with van der Waals surface area (Å²) in [7, 11) is 0. The van der Waals surface area contributed by atoms with Gasteiger partial charge in [-0.05, 0) is 64.2 Å². The molecule has 0 aliphatic heterocycles. The first-order valence-corrected chi connectivity index (χ1v) is 18.1. The van der Waals surface area contributed by atoms with E-state index in [1.165, 1.54) is 0 Å². The van der Waals surface area contributed by atoms with Gasteiger partial charge in [-0.1, -0.05) is 75.7 Å². The van der Waals surface area contributed by atoms with Crippen LogP contribution < -0.4 is 10.6 Å². The molecule has 3 N–H and O–H groups in total. The zero-order chi connectivity index (χ0) is 35.6. The van der Waals surface area contributed by atoms with Gasteiger partial charge in [0.25, 0.3) is 0 Å². The number of rotatable bonds is 29. The molecule has 46 heavy (non-hydrogen) atoms. The van der Waals surface area contributed by atoms with Gasteiger partial charge in [0.05, 0.1) is 25.4 Å². The van der Waals surface area contributed by atoms with Crippen molar-refractivity contribution in [2.75, 3.05) is 33.0 Å². The number of hydrogen-bond donors (Lipinski definition) is 3. The topological polar surface area (TPSA) is 131 Å². The molecule has 0 aromatic carbocycles. The van der Waals surface area contributed by atoms with Gasteiger partial charge in [-0.25, -0.2) is 0 Å². The predicted octanol–water partition coefficient (Wildman–Crippen LogP) is 6.94. The quantitative estimate of drug-likeness (QED) is 0.0735. The van der Waals surface area contributed by atoms with Gasteiger partial charge < -0.3 is 19.9 Å². The molecule has 0 fully saturated rings. The Balaban J connectivity index is 5.33. The van der Waals surface area contributed by atoms with Crippen LogP contribution in [0.15, 0.2) is 0 Å². The highest BCUT2D eigenvalue weighted by molar-refractivity contribution is 5.90. The fraction of sp³-hybridized carbons (Fsp3) is 0.892. The molecule has 0 aliphatic rings. The lowest BCUT2D eigenvalue weighted by Gasteiger charge is -2.48. The van der Waals surface area contributed by atoms with Crippen LogP contribution in [0, 0.1) is 16.7 Å². The van der Waals surface area contributed by atoms with Crippen molar-refractivity contribution >= 4 is 23.3 Å². The van der Waals surface area contributed by atoms with Crippen molar-refractivity contribution in [2.24, 2.45) is 16.7 Å². The number of nitrogens with one attached hydrogen (secondary N) is 2. The monoisotopic (exact) mass is 655 g/mol. The number of aliphatic carboxylic acids is 1. The van der Waals surface area contributed by atoms with E-state index in [0.717, 1.165) is 19.3 Å². The molecule has 0 aromatic heterocycles. The predicted molar refractivity (Wildman–Crippen MR) is 186 cm³/mol. The molecule has 0 aliphatic carbocycles. The van der Waals surface area contributed by atoms with E-state index in [4.69, 9.17) is 9.47 Å². The van der Waals surface area contributed by atoms with Crippen molar-refractivity contribution in [2.45, 2.75) is 164 Å². The number of unbranched alkanes of at least 4 members (excludes halogenated alkanes) is 1. The molecule has 9 heteroatoms. The second kappa shape index (κ2) is 21.3. The minimum absolute atomic E-state index is 0.0396. The Hall–Kier alpha value is -1.68. The van der Waals surface area contributed by atoms with Gasteiger partial charge in [0, 0.05) is 35.8 Å². The molecule has 9 nitrogen and oxygen atoms in total. The lowest BCUT2D eigenvalue weighted by atomic mass is 9.62. The summed E-state index contributed by atoms with van der Waals surface area (Å²) in [5.74, 6) is -0.590. The highest BCUT2D eigenvalue weighted by Gasteiger charge is 2.49. The normalized spacial score (nSPS) is 15.7. The number of ketones is 3. The Morgan fingerprint density at radius 1 is 0.717 bits per heavy atom. The molecule has 0 saturated heterocycles. The number of hydrogen-bond acceptors (Lipinski definition) is 8. The van der Waals surface area contributed by atoms with Crippen LogP contribution in [0.3, 0.4) is 0 Å². The molecular formula is C37H70N2O7. The Morgan fingerprint density at radius 2 is 1.30 bits per heavy atom. The van der Waals surface area contributed by atoms with Crippen LogP contribution in [-0.2, 0) is 28.7 Å². The average Bonchev–Trinajstić information content (AvgIpc) is 3.04. The number of carbonyl (C=O) groups is 4. The third kappa shape index (κ3) is 11.5. The summed E-state index contributed by atoms with van der Waals surface area (Å²) in [5.41, 5.74) is -2.51. The third-order valence-electron chi connectivity index (χ3n) is 11.4. The standard InChI is InChI=1S/C37H70N2O7/c1-12-19-20-31(41)37(17-6,18-7)39-29(33(43)44)21-22-30(40)36(15-4,16-5)35(11,14-3)38-23-24-45-25-26-46-27-32(42)34(10,13-2)28(8)9/h28-29,38-39H,12-27H2,1-11H3,(H,43,44)/t29-,34?,35?/m0/s1. The van der Waals surface area contributed by atoms with E-state index in [-0.39, 0.29) is 48.1 Å². The Morgan fingerprint density at radius 3 is 1.76 bits per heavy atom. The van der Waals surface area contributed by atoms with Crippen LogP contribution in [0.1, 0.15) is 147 Å². The van der Waals surface area contributed by atoms with E-state index in [0.29, 0.717) is 64.9 Å². The molecule has 0 rings (SSSR count). The maximum atomic E-state index is 14.0. The highest BCUT2D eigenvalue weighted by atomic mass is 16.5. The maximum Gasteiger partial charge on any atom is 0.320 e. The van der Waals surface area contributed by atoms with Gasteiger partial charge in [0.15, 0.2) is 11.6 Å². The Labute approximate surface area is 281 Å². The van der Waals surface area contributed by atoms with Crippen molar-refractivity contribution in [3.8, 4) is 0 Å². The fourth-order valence-corrected chi connectivity index (χ4v) is 6.85. The van der Waals surface area contributed by atoms with Crippen molar-refractivity contribution in [3.05, 3.63) is 0 Å². The summed E-state index contributed by atoms with van der Waals surface area (Å²) < 4.78 is 11.4. The van der Waals surface area contributed by atoms with Crippen LogP contribution in [0.4, 0.5) is 0 Å². The van der Waals surface area contributed by atoms with Crippen molar-refractivity contribution in [3.63, 3.8) is 0 Å². The third-order valence-corrected chi connectivity index (χ3v) is 11.4. The molecule has 270 valence electrons. The summed E-state index contributed by atoms with van der Waals surface area (Å²) in [4.78, 5) is 52.2. The maximum absolute atomic E-state index is 14.0. The number of carboxylic acids is 1. The van der Waals surface area contributed by atoms with Gasteiger partial charge >= 0.3 is 5.97 Å². The first kappa shape index (κ1) is 44.3. The Kier molecular flexibility index (Phi) is 20.5. The number of Topliss-reactive ketones (excluding diaryl/α,β-unsaturated/α-hetero) is 3. The first-order valence-electron chi connectivity index (χ1n) is 18.1. The van der Waals surface area contributed by atoms with Crippen LogP contribution in [-0.4, -0.2) is 78.5 Å². The van der Waals surface area contributed by atoms with Gasteiger partial charge in [0.2, 0.25) is 0 Å². The fourth-order valence-electron chi connectivity index (χ4n) is 6.85. The van der Waals surface area contributed by atoms with Gasteiger partial charge in [0.1, 0.15) is 18.4 Å². The minimum Gasteiger partial charge on any atom is -0.480 e. The van der Waals surface area contributed by atoms with E-state index >= 15 is 0 Å². The smallest absolute Gasteiger partial charge is 0.320 e. The molecule has 0 aromatic rings. The van der Waals surface area contributed by atoms with E-state index < -0.39 is 28.5 Å². The van der Waals surface area contributed by atoms with Crippen LogP contribution >= 0.6 is 0 Å². The van der Waals surface area contributed by atoms with E-state index in [1.807, 2.05) is 48.5 Å². The highest BCUT2D eigenvalue weighted by Crippen LogP contribution is 2.43. The summed E-state index contributed by atoms with van der Waals surface area (Å²) in [6.45, 7) is 23.9. The number of carboxylic acid groups (broad SMARTS) is 1. The van der Waals surface area contributed by atoms with Crippen molar-refractivity contribution < 1.29 is 33.8 Å². The van der Waals surface area contributed by atoms with Crippen LogP contribution in [0.2, 0.25) is 0 Å². The molecule has 0 heterocycles. The largest absolute Gasteiger partial charge is 0.480 e. The van der Waals surface area contributed by atoms with E-state index in [2.05, 4.69) is 38.3 Å². The van der Waals surface area contributed by atoms with Gasteiger partial charge in [-0.15, -0.1) is 0 Å². The zero-order valence-electron chi connectivity index (χ0n) is 31.4. The SMILES string of the molecule is CCCCC(=O)C(CC)(CC)N[C@@H](CCC(=O)C(CC)(CC)C(C)(CC)NCCOCCOCC(=O)C(C)(CC)C(C)C)C(=O)O. The molecular weight excluding hydrogens is 584 g/mol. The number of carbonyl (C=O) groups excluding carboxylic acids is 3. The Bertz CT molecular complexity index is 929. The lowest BCUT2D eigenvalue weighted by Crippen LogP contribution is -2.60. The second-order valence-electron chi connectivity index (χ2n) is 13.7. The molecule has 2 unspecified atom stereocenters. The van der Waals surface area contributed by atoms with Crippen LogP contribution in [0.25, 0.3) is 0 Å². The molecule has 0 amide bonds. The van der Waals surface area contributed by atoms with E-state index in [1.54, 1.807) is 0 Å². The molecule has 0 saturated carbocycles. The zero-order valence-corrected chi connectivity index (χ0v) is 31.4. The molecule has 0 bridgehead atoms. The van der Waals surface area contributed by atoms with E-state index in [9.17, 15) is 24.3 Å². The van der Waals surface area contributed by atoms with Crippen molar-refractivity contribution in [1.29, 1.82) is 0 Å². The molecule has 3 atom stereocenters. The lowest BCUT2D eigenvalue weighted by molar-refractivity contribution is -0.142. The molecule has 0 spiro atoms. The van der Waals surface area contributed by atoms with Crippen LogP contribution in [0.5, 0.6) is 0 Å². The minimum atomic E-state index is -1.04. The summed E-state index contributed by atoms with van der Waals surface area (Å²) >= 11 is 0. The van der Waals surface area contributed by atoms with Crippen molar-refractivity contribution in [1.82, 2.24) is 10.6 Å². The second-order valence-corrected chi connectivity index (χ2v) is 13.7. The number of ether oxygens (including phenoxy) is 2. The first-order chi connectivity index (χ1) is 21.6. The summed E-state index contributed by atoms with van der Waals surface area (Å²) in [6.07, 6.45) is 6.03. The van der Waals surface area contributed by atoms with Gasteiger partial charge in [-0.3, -0.25) is 24.5 Å². The average molecular weight is 655 g/mol. The molecule has 0 radical (unpaired) electrons. The summed E-state index contributed by atoms with van der Waals surface area (Å²) in [5, 5.41) is 16.9. The summed E-state index contributed by atoms with van der Waals surface area (Å²) in [6, 6.07) is -0.992. The van der Waals surface area contributed by atoms with Gasteiger partial charge in [-0.2, -0.15) is 0 Å².